The van der Waals surface area contributed by atoms with E-state index in [2.05, 4.69) is 138 Å². The highest BCUT2D eigenvalue weighted by molar-refractivity contribution is 7.85. The van der Waals surface area contributed by atoms with E-state index < -0.39 is 12.6 Å². The van der Waals surface area contributed by atoms with E-state index in [1.165, 1.54) is 16.7 Å². The van der Waals surface area contributed by atoms with Gasteiger partial charge < -0.3 is 9.46 Å². The minimum absolute atomic E-state index is 0.619. The quantitative estimate of drug-likeness (QED) is 0.158. The standard InChI is InChI=1S/C53H36N3OP/c57-58(40-23-9-3-10-24-40,41-25-11-4-12-26-41)42-35-33-38(34-36-42)52-54-50(37-19-5-1-6-20-37)49-51(55-52)43-27-13-14-28-44(43)53(49)45-29-15-17-31-47(45)56(39-21-7-2-8-22-39)48-32-18-16-30-46(48)53/h1-36H. The monoisotopic (exact) mass is 761 g/mol. The molecule has 1 spiro atoms. The lowest BCUT2D eigenvalue weighted by atomic mass is 9.64. The normalized spacial score (nSPS) is 13.3. The Labute approximate surface area is 338 Å². The number of para-hydroxylation sites is 3. The number of aromatic nitrogens is 2. The summed E-state index contributed by atoms with van der Waals surface area (Å²) in [6, 6.07) is 75.2. The second kappa shape index (κ2) is 13.5. The summed E-state index contributed by atoms with van der Waals surface area (Å²) in [5, 5.41) is 2.37. The maximum absolute atomic E-state index is 15.2. The molecule has 5 heteroatoms. The first-order valence-corrected chi connectivity index (χ1v) is 21.3. The molecule has 0 unspecified atom stereocenters. The van der Waals surface area contributed by atoms with Gasteiger partial charge in [0.15, 0.2) is 13.0 Å². The molecule has 2 aliphatic rings. The van der Waals surface area contributed by atoms with Crippen molar-refractivity contribution in [3.8, 4) is 33.9 Å². The molecule has 1 aromatic heterocycles. The van der Waals surface area contributed by atoms with E-state index in [4.69, 9.17) is 9.97 Å². The van der Waals surface area contributed by atoms with Gasteiger partial charge in [-0.3, -0.25) is 0 Å². The fraction of sp³-hybridized carbons (Fsp3) is 0.0189. The van der Waals surface area contributed by atoms with Gasteiger partial charge in [-0.25, -0.2) is 9.97 Å². The Morgan fingerprint density at radius 1 is 0.397 bits per heavy atom. The molecular formula is C53H36N3OP. The SMILES string of the molecule is O=P(c1ccccc1)(c1ccccc1)c1ccc(-c2nc(-c3ccccc3)c3c(n2)-c2ccccc2C32c3ccccc3N(c3ccccc3)c3ccccc32)cc1. The molecule has 1 aliphatic carbocycles. The van der Waals surface area contributed by atoms with Crippen LogP contribution in [-0.4, -0.2) is 9.97 Å². The first kappa shape index (κ1) is 34.1. The molecule has 0 amide bonds. The van der Waals surface area contributed by atoms with E-state index in [0.717, 1.165) is 66.6 Å². The number of rotatable bonds is 6. The Bertz CT molecular complexity index is 2930. The van der Waals surface area contributed by atoms with E-state index in [1.807, 2.05) is 84.9 Å². The molecule has 0 saturated carbocycles. The van der Waals surface area contributed by atoms with Crippen molar-refractivity contribution in [3.05, 3.63) is 241 Å². The molecule has 0 N–H and O–H groups in total. The van der Waals surface area contributed by atoms with Crippen molar-refractivity contribution in [3.63, 3.8) is 0 Å². The van der Waals surface area contributed by atoms with Crippen molar-refractivity contribution in [2.75, 3.05) is 4.90 Å². The third-order valence-corrected chi connectivity index (χ3v) is 14.8. The van der Waals surface area contributed by atoms with Crippen LogP contribution in [0.15, 0.2) is 218 Å². The summed E-state index contributed by atoms with van der Waals surface area (Å²) in [7, 11) is -3.16. The Morgan fingerprint density at radius 2 is 0.845 bits per heavy atom. The van der Waals surface area contributed by atoms with Gasteiger partial charge in [-0.1, -0.05) is 194 Å². The number of anilines is 3. The third-order valence-electron chi connectivity index (χ3n) is 11.8. The molecule has 1 aliphatic heterocycles. The van der Waals surface area contributed by atoms with Crippen LogP contribution in [0, 0.1) is 0 Å². The van der Waals surface area contributed by atoms with Crippen molar-refractivity contribution in [1.82, 2.24) is 9.97 Å². The second-order valence-electron chi connectivity index (χ2n) is 14.8. The average molecular weight is 762 g/mol. The van der Waals surface area contributed by atoms with E-state index in [-0.39, 0.29) is 0 Å². The summed E-state index contributed by atoms with van der Waals surface area (Å²) in [6.45, 7) is 0. The number of hydrogen-bond acceptors (Lipinski definition) is 4. The zero-order valence-corrected chi connectivity index (χ0v) is 32.4. The van der Waals surface area contributed by atoms with Gasteiger partial charge >= 0.3 is 0 Å². The molecule has 0 saturated heterocycles. The summed E-state index contributed by atoms with van der Waals surface area (Å²) in [5.41, 5.74) is 12.0. The first-order valence-electron chi connectivity index (χ1n) is 19.6. The summed E-state index contributed by atoms with van der Waals surface area (Å²) in [6.07, 6.45) is 0. The number of fused-ring (bicyclic) bond motifs is 9. The van der Waals surface area contributed by atoms with E-state index in [0.29, 0.717) is 5.82 Å². The molecule has 2 heterocycles. The molecule has 0 bridgehead atoms. The highest BCUT2D eigenvalue weighted by Crippen LogP contribution is 2.64. The summed E-state index contributed by atoms with van der Waals surface area (Å²) >= 11 is 0. The van der Waals surface area contributed by atoms with Crippen LogP contribution in [0.2, 0.25) is 0 Å². The van der Waals surface area contributed by atoms with Crippen molar-refractivity contribution < 1.29 is 4.57 Å². The van der Waals surface area contributed by atoms with Crippen LogP contribution >= 0.6 is 7.14 Å². The van der Waals surface area contributed by atoms with Crippen LogP contribution in [0.1, 0.15) is 22.3 Å². The molecular weight excluding hydrogens is 726 g/mol. The van der Waals surface area contributed by atoms with Crippen molar-refractivity contribution in [1.29, 1.82) is 0 Å². The molecule has 11 rings (SSSR count). The average Bonchev–Trinajstić information content (AvgIpc) is 3.60. The number of nitrogens with zero attached hydrogens (tertiary/aromatic N) is 3. The highest BCUT2D eigenvalue weighted by atomic mass is 31.2. The minimum Gasteiger partial charge on any atom is -0.310 e. The minimum atomic E-state index is -3.16. The fourth-order valence-corrected chi connectivity index (χ4v) is 11.9. The third kappa shape index (κ3) is 4.99. The molecule has 274 valence electrons. The summed E-state index contributed by atoms with van der Waals surface area (Å²) in [4.78, 5) is 13.5. The Morgan fingerprint density at radius 3 is 1.43 bits per heavy atom. The van der Waals surface area contributed by atoms with Crippen molar-refractivity contribution >= 4 is 40.1 Å². The predicted octanol–water partition coefficient (Wildman–Crippen LogP) is 11.6. The Kier molecular flexibility index (Phi) is 7.96. The van der Waals surface area contributed by atoms with Gasteiger partial charge in [-0.15, -0.1) is 0 Å². The summed E-state index contributed by atoms with van der Waals surface area (Å²) in [5.74, 6) is 0.619. The molecule has 0 atom stereocenters. The van der Waals surface area contributed by atoms with Gasteiger partial charge in [0.2, 0.25) is 0 Å². The Balaban J connectivity index is 1.17. The van der Waals surface area contributed by atoms with Gasteiger partial charge in [-0.2, -0.15) is 0 Å². The van der Waals surface area contributed by atoms with Crippen molar-refractivity contribution in [2.24, 2.45) is 0 Å². The zero-order valence-electron chi connectivity index (χ0n) is 31.5. The van der Waals surface area contributed by atoms with Crippen LogP contribution in [0.3, 0.4) is 0 Å². The van der Waals surface area contributed by atoms with Crippen LogP contribution in [0.4, 0.5) is 17.1 Å². The lowest BCUT2D eigenvalue weighted by Gasteiger charge is -2.45. The van der Waals surface area contributed by atoms with Gasteiger partial charge in [0, 0.05) is 43.9 Å². The van der Waals surface area contributed by atoms with Gasteiger partial charge in [0.25, 0.3) is 0 Å². The number of benzene rings is 8. The van der Waals surface area contributed by atoms with Gasteiger partial charge in [0.05, 0.1) is 28.2 Å². The second-order valence-corrected chi connectivity index (χ2v) is 17.6. The van der Waals surface area contributed by atoms with Crippen LogP contribution in [-0.2, 0) is 9.98 Å². The van der Waals surface area contributed by atoms with E-state index in [1.54, 1.807) is 0 Å². The topological polar surface area (TPSA) is 46.1 Å². The largest absolute Gasteiger partial charge is 0.310 e. The maximum atomic E-state index is 15.2. The predicted molar refractivity (Wildman–Crippen MR) is 238 cm³/mol. The molecule has 0 radical (unpaired) electrons. The summed E-state index contributed by atoms with van der Waals surface area (Å²) < 4.78 is 15.2. The zero-order chi connectivity index (χ0) is 38.7. The lowest BCUT2D eigenvalue weighted by Crippen LogP contribution is -2.36. The van der Waals surface area contributed by atoms with E-state index in [9.17, 15) is 0 Å². The molecule has 4 nitrogen and oxygen atoms in total. The maximum Gasteiger partial charge on any atom is 0.171 e. The van der Waals surface area contributed by atoms with E-state index >= 15 is 4.57 Å². The van der Waals surface area contributed by atoms with Crippen molar-refractivity contribution in [2.45, 2.75) is 5.41 Å². The fourth-order valence-electron chi connectivity index (χ4n) is 9.30. The molecule has 0 fully saturated rings. The number of hydrogen-bond donors (Lipinski definition) is 0. The van der Waals surface area contributed by atoms with Crippen LogP contribution in [0.25, 0.3) is 33.9 Å². The smallest absolute Gasteiger partial charge is 0.171 e. The van der Waals surface area contributed by atoms with Gasteiger partial charge in [-0.05, 0) is 41.0 Å². The van der Waals surface area contributed by atoms with Crippen LogP contribution < -0.4 is 20.8 Å². The molecule has 8 aromatic carbocycles. The van der Waals surface area contributed by atoms with Gasteiger partial charge in [0.1, 0.15) is 0 Å². The Hall–Kier alpha value is -7.13. The molecule has 58 heavy (non-hydrogen) atoms. The van der Waals surface area contributed by atoms with Crippen LogP contribution in [0.5, 0.6) is 0 Å². The first-order chi connectivity index (χ1) is 28.7. The highest BCUT2D eigenvalue weighted by Gasteiger charge is 2.54. The lowest BCUT2D eigenvalue weighted by molar-refractivity contribution is 0.592. The molecule has 9 aromatic rings.